The maximum Gasteiger partial charge on any atom is 3.00 e. The predicted molar refractivity (Wildman–Crippen MR) is 246 cm³/mol. The minimum atomic E-state index is 0. The van der Waals surface area contributed by atoms with Crippen LogP contribution in [0, 0.1) is 38.5 Å². The first-order valence-electron chi connectivity index (χ1n) is 16.1. The molecule has 9 heteroatoms. The van der Waals surface area contributed by atoms with Crippen molar-refractivity contribution in [3.05, 3.63) is 166 Å². The molecule has 0 saturated carbocycles. The summed E-state index contributed by atoms with van der Waals surface area (Å²) < 4.78 is 0. The Morgan fingerprint density at radius 3 is 0.593 bits per heavy atom. The molecule has 0 nitrogen and oxygen atoms in total. The van der Waals surface area contributed by atoms with E-state index in [1.165, 1.54) is 32.3 Å². The van der Waals surface area contributed by atoms with Gasteiger partial charge in [0.05, 0.1) is 0 Å². The van der Waals surface area contributed by atoms with Gasteiger partial charge in [0.2, 0.25) is 0 Å². The molecular weight excluding hydrogens is 1010 g/mol. The zero-order valence-corrected chi connectivity index (χ0v) is 49.2. The summed E-state index contributed by atoms with van der Waals surface area (Å²) in [5.74, 6) is 0. The van der Waals surface area contributed by atoms with E-state index in [9.17, 15) is 0 Å². The molecule has 0 aliphatic carbocycles. The van der Waals surface area contributed by atoms with E-state index >= 15 is 0 Å². The minimum absolute atomic E-state index is 0. The van der Waals surface area contributed by atoms with Gasteiger partial charge in [0.1, 0.15) is 0 Å². The van der Waals surface area contributed by atoms with Crippen LogP contribution in [0.5, 0.6) is 0 Å². The van der Waals surface area contributed by atoms with E-state index in [2.05, 4.69) is 127 Å². The number of hydrogen-bond acceptors (Lipinski definition) is 0. The maximum absolute atomic E-state index is 2.12. The molecule has 0 spiro atoms. The van der Waals surface area contributed by atoms with Crippen LogP contribution in [0.1, 0.15) is 83.1 Å². The first-order valence-corrected chi connectivity index (χ1v) is 16.1. The fraction of sp³-hybridized carbons (Fsp3) is 0.267. The Hall–Kier alpha value is 1.30. The van der Waals surface area contributed by atoms with Crippen LogP contribution in [-0.2, 0) is 78.6 Å². The quantitative estimate of drug-likeness (QED) is 0.125. The van der Waals surface area contributed by atoms with Crippen LogP contribution in [0.25, 0.3) is 32.3 Å². The molecule has 0 heterocycles. The van der Waals surface area contributed by atoms with Gasteiger partial charge < -0.3 is 75.7 Å². The van der Waals surface area contributed by atoms with Crippen molar-refractivity contribution < 1.29 is 116 Å². The van der Waals surface area contributed by atoms with E-state index in [0.717, 1.165) is 0 Å². The second kappa shape index (κ2) is 72.0. The Balaban J connectivity index is -0.0000000379. The Morgan fingerprint density at radius 2 is 0.444 bits per heavy atom. The second-order valence-corrected chi connectivity index (χ2v) is 9.93. The molecule has 0 saturated heterocycles. The smallest absolute Gasteiger partial charge is 1.00 e. The summed E-state index contributed by atoms with van der Waals surface area (Å²) in [6.07, 6.45) is 12.0. The van der Waals surface area contributed by atoms with Crippen molar-refractivity contribution in [3.8, 4) is 0 Å². The zero-order chi connectivity index (χ0) is 34.6. The van der Waals surface area contributed by atoms with E-state index in [-0.39, 0.29) is 146 Å². The second-order valence-electron chi connectivity index (χ2n) is 9.93. The molecule has 3 radical (unpaired) electrons. The topological polar surface area (TPSA) is 0 Å². The normalized spacial score (nSPS) is 7.11. The van der Waals surface area contributed by atoms with Gasteiger partial charge >= 0.3 is 78.6 Å². The van der Waals surface area contributed by atoms with E-state index in [1.807, 2.05) is 122 Å². The molecule has 0 aliphatic heterocycles. The first kappa shape index (κ1) is 87.0. The van der Waals surface area contributed by atoms with Crippen molar-refractivity contribution in [3.63, 3.8) is 0 Å². The van der Waals surface area contributed by atoms with E-state index in [0.29, 0.717) is 0 Å². The van der Waals surface area contributed by atoms with Gasteiger partial charge in [-0.2, -0.15) is 165 Å². The Morgan fingerprint density at radius 1 is 0.296 bits per heavy atom. The molecule has 6 rings (SSSR count). The van der Waals surface area contributed by atoms with E-state index < -0.39 is 0 Å². The summed E-state index contributed by atoms with van der Waals surface area (Å²) in [5.41, 5.74) is 0. The SMILES string of the molecule is C[CH-]C.C[CH-]C.C[CH-]C.C[CH-]C.C[CH-]C.C[CH-]C.P.P.P.[Cl-].[Cl-].[Cl-].[Zr+3].[Zr+3].[Zr+3].c1ccc2[cH-]ccc2c1.c1ccc2[cH-]ccc2c1.c1ccc2[cH-]ccc2c1. The predicted octanol–water partition coefficient (Wildman–Crippen LogP) is 6.24. The fourth-order valence-corrected chi connectivity index (χ4v) is 3.21. The third-order valence-electron chi connectivity index (χ3n) is 4.64. The molecule has 54 heavy (non-hydrogen) atoms. The van der Waals surface area contributed by atoms with Crippen LogP contribution in [0.2, 0.25) is 0 Å². The van der Waals surface area contributed by atoms with Gasteiger partial charge in [0.15, 0.2) is 0 Å². The zero-order valence-electron chi connectivity index (χ0n) is 35.3. The number of hydrogen-bond donors (Lipinski definition) is 0. The monoisotopic (exact) mass is 1080 g/mol. The van der Waals surface area contributed by atoms with Crippen molar-refractivity contribution in [2.45, 2.75) is 83.1 Å². The van der Waals surface area contributed by atoms with Crippen LogP contribution in [-0.4, -0.2) is 0 Å². The standard InChI is InChI=1S/3C9H7.6C3H7.3ClH.3H3P.3Zr/c3*1-2-5-9-7-3-6-8(9)4-1;6*1-3-2;;;;;;;;;/h3*1-7H;6*3H,1-2H3;3*1H;3*1H3;;;/q9*-1;;;;;;;3*+3/p-3. The third-order valence-corrected chi connectivity index (χ3v) is 4.64. The Labute approximate surface area is 422 Å². The Bertz CT molecular complexity index is 1110. The summed E-state index contributed by atoms with van der Waals surface area (Å²) in [4.78, 5) is 0. The third kappa shape index (κ3) is 53.3. The largest absolute Gasteiger partial charge is 3.00 e. The van der Waals surface area contributed by atoms with Gasteiger partial charge in [-0.15, -0.1) is 89.0 Å². The molecule has 6 aromatic rings. The molecule has 303 valence electrons. The van der Waals surface area contributed by atoms with Crippen LogP contribution in [0.4, 0.5) is 0 Å². The van der Waals surface area contributed by atoms with Gasteiger partial charge in [-0.1, -0.05) is 18.2 Å². The molecule has 0 amide bonds. The average molecular weight is 1090 g/mol. The summed E-state index contributed by atoms with van der Waals surface area (Å²) in [7, 11) is 0. The van der Waals surface area contributed by atoms with Crippen molar-refractivity contribution in [2.75, 3.05) is 0 Å². The summed E-state index contributed by atoms with van der Waals surface area (Å²) >= 11 is 0. The van der Waals surface area contributed by atoms with Gasteiger partial charge in [-0.25, -0.2) is 0 Å². The van der Waals surface area contributed by atoms with E-state index in [4.69, 9.17) is 0 Å². The van der Waals surface area contributed by atoms with E-state index in [1.54, 1.807) is 0 Å². The number of fused-ring (bicyclic) bond motifs is 3. The average Bonchev–Trinajstić information content (AvgIpc) is 3.81. The Kier molecular flexibility index (Phi) is 116. The number of benzene rings is 3. The van der Waals surface area contributed by atoms with Crippen molar-refractivity contribution in [2.24, 2.45) is 0 Å². The van der Waals surface area contributed by atoms with Crippen molar-refractivity contribution in [1.29, 1.82) is 0 Å². The van der Waals surface area contributed by atoms with Gasteiger partial charge in [-0.3, -0.25) is 0 Å². The molecule has 0 N–H and O–H groups in total. The summed E-state index contributed by atoms with van der Waals surface area (Å²) in [5, 5.41) is 7.99. The molecule has 0 fully saturated rings. The molecule has 0 aromatic heterocycles. The molecule has 0 aliphatic rings. The number of halogens is 3. The molecule has 3 unspecified atom stereocenters. The maximum atomic E-state index is 2.12. The fourth-order valence-electron chi connectivity index (χ4n) is 3.21. The van der Waals surface area contributed by atoms with Gasteiger partial charge in [0.25, 0.3) is 0 Å². The summed E-state index contributed by atoms with van der Waals surface area (Å²) in [6, 6.07) is 44.0. The van der Waals surface area contributed by atoms with Gasteiger partial charge in [0, 0.05) is 0 Å². The molecule has 3 atom stereocenters. The van der Waals surface area contributed by atoms with Crippen LogP contribution < -0.4 is 37.2 Å². The molecule has 6 aromatic carbocycles. The molecule has 0 bridgehead atoms. The van der Waals surface area contributed by atoms with Crippen molar-refractivity contribution >= 4 is 62.0 Å². The summed E-state index contributed by atoms with van der Waals surface area (Å²) in [6.45, 7) is 24.0. The van der Waals surface area contributed by atoms with Crippen LogP contribution in [0.15, 0.2) is 127 Å². The van der Waals surface area contributed by atoms with Gasteiger partial charge in [-0.05, 0) is 0 Å². The minimum Gasteiger partial charge on any atom is -1.00 e. The van der Waals surface area contributed by atoms with Crippen LogP contribution in [0.3, 0.4) is 0 Å². The van der Waals surface area contributed by atoms with Crippen molar-refractivity contribution in [1.82, 2.24) is 0 Å². The first-order chi connectivity index (χ1) is 21.9. The number of rotatable bonds is 0. The molecular formula is C45H72Cl3P3Zr3-3. The van der Waals surface area contributed by atoms with Crippen LogP contribution >= 0.6 is 29.7 Å².